The second-order valence-corrected chi connectivity index (χ2v) is 4.93. The quantitative estimate of drug-likeness (QED) is 0.872. The van der Waals surface area contributed by atoms with Crippen LogP contribution in [0.3, 0.4) is 0 Å². The summed E-state index contributed by atoms with van der Waals surface area (Å²) in [6.07, 6.45) is 0. The number of carbonyl (C=O) groups is 1. The molecule has 1 amide bonds. The van der Waals surface area contributed by atoms with Crippen LogP contribution in [-0.2, 0) is 11.3 Å². The molecule has 17 heavy (non-hydrogen) atoms. The van der Waals surface area contributed by atoms with Gasteiger partial charge in [0, 0.05) is 37.1 Å². The minimum atomic E-state index is 0.0525. The van der Waals surface area contributed by atoms with Gasteiger partial charge < -0.3 is 10.2 Å². The van der Waals surface area contributed by atoms with Crippen LogP contribution in [-0.4, -0.2) is 30.4 Å². The Bertz CT molecular complexity index is 408. The first-order valence-electron chi connectivity index (χ1n) is 5.91. The zero-order valence-electron chi connectivity index (χ0n) is 9.95. The van der Waals surface area contributed by atoms with Crippen LogP contribution in [0.25, 0.3) is 0 Å². The fourth-order valence-electron chi connectivity index (χ4n) is 2.05. The van der Waals surface area contributed by atoms with Crippen molar-refractivity contribution >= 4 is 17.5 Å². The van der Waals surface area contributed by atoms with Crippen LogP contribution in [0, 0.1) is 5.92 Å². The molecule has 1 aromatic rings. The predicted octanol–water partition coefficient (Wildman–Crippen LogP) is 1.91. The summed E-state index contributed by atoms with van der Waals surface area (Å²) in [5, 5.41) is 3.98. The summed E-state index contributed by atoms with van der Waals surface area (Å²) in [6, 6.07) is 7.68. The van der Waals surface area contributed by atoms with E-state index in [9.17, 15) is 4.79 Å². The van der Waals surface area contributed by atoms with E-state index in [1.165, 1.54) is 0 Å². The van der Waals surface area contributed by atoms with Gasteiger partial charge in [0.15, 0.2) is 0 Å². The number of halogens is 1. The first-order chi connectivity index (χ1) is 8.16. The van der Waals surface area contributed by atoms with Crippen LogP contribution in [0.2, 0.25) is 5.02 Å². The molecule has 1 aromatic carbocycles. The second-order valence-electron chi connectivity index (χ2n) is 4.49. The maximum absolute atomic E-state index is 12.1. The molecule has 1 N–H and O–H groups in total. The fourth-order valence-corrected chi connectivity index (χ4v) is 2.27. The molecule has 0 radical (unpaired) electrons. The van der Waals surface area contributed by atoms with Gasteiger partial charge >= 0.3 is 0 Å². The van der Waals surface area contributed by atoms with Gasteiger partial charge in [0.05, 0.1) is 0 Å². The molecule has 1 aliphatic rings. The molecule has 1 heterocycles. The lowest BCUT2D eigenvalue weighted by Crippen LogP contribution is -2.34. The molecule has 0 aliphatic carbocycles. The van der Waals surface area contributed by atoms with Gasteiger partial charge in [0.25, 0.3) is 0 Å². The molecule has 1 atom stereocenters. The highest BCUT2D eigenvalue weighted by atomic mass is 35.5. The smallest absolute Gasteiger partial charge is 0.227 e. The molecule has 0 spiro atoms. The number of amides is 1. The predicted molar refractivity (Wildman–Crippen MR) is 68.9 cm³/mol. The standard InChI is InChI=1S/C13H17ClN2O/c1-10-8-15-5-6-16(13(10)17)9-11-3-2-4-12(14)7-11/h2-4,7,10,15H,5-6,8-9H2,1H3. The van der Waals surface area contributed by atoms with E-state index < -0.39 is 0 Å². The molecule has 1 fully saturated rings. The van der Waals surface area contributed by atoms with Crippen molar-refractivity contribution < 1.29 is 4.79 Å². The zero-order chi connectivity index (χ0) is 12.3. The average molecular weight is 253 g/mol. The minimum Gasteiger partial charge on any atom is -0.337 e. The summed E-state index contributed by atoms with van der Waals surface area (Å²) in [4.78, 5) is 14.0. The third-order valence-electron chi connectivity index (χ3n) is 3.00. The maximum Gasteiger partial charge on any atom is 0.227 e. The van der Waals surface area contributed by atoms with Gasteiger partial charge in [-0.05, 0) is 17.7 Å². The van der Waals surface area contributed by atoms with E-state index >= 15 is 0 Å². The van der Waals surface area contributed by atoms with Crippen LogP contribution in [0.5, 0.6) is 0 Å². The number of carbonyl (C=O) groups excluding carboxylic acids is 1. The van der Waals surface area contributed by atoms with E-state index in [0.717, 1.165) is 30.2 Å². The molecule has 0 aromatic heterocycles. The van der Waals surface area contributed by atoms with Gasteiger partial charge in [-0.25, -0.2) is 0 Å². The number of hydrogen-bond donors (Lipinski definition) is 1. The Morgan fingerprint density at radius 1 is 1.53 bits per heavy atom. The maximum atomic E-state index is 12.1. The number of rotatable bonds is 2. The Balaban J connectivity index is 2.08. The summed E-state index contributed by atoms with van der Waals surface area (Å²) in [5.74, 6) is 0.270. The molecular weight excluding hydrogens is 236 g/mol. The van der Waals surface area contributed by atoms with Gasteiger partial charge in [0.2, 0.25) is 5.91 Å². The SMILES string of the molecule is CC1CNCCN(Cc2cccc(Cl)c2)C1=O. The monoisotopic (exact) mass is 252 g/mol. The largest absolute Gasteiger partial charge is 0.337 e. The third-order valence-corrected chi connectivity index (χ3v) is 3.24. The first-order valence-corrected chi connectivity index (χ1v) is 6.28. The normalized spacial score (nSPS) is 21.4. The van der Waals surface area contributed by atoms with E-state index in [1.807, 2.05) is 36.1 Å². The van der Waals surface area contributed by atoms with Crippen molar-refractivity contribution in [3.8, 4) is 0 Å². The topological polar surface area (TPSA) is 32.3 Å². The molecule has 1 aliphatic heterocycles. The van der Waals surface area contributed by atoms with Crippen LogP contribution >= 0.6 is 11.6 Å². The highest BCUT2D eigenvalue weighted by molar-refractivity contribution is 6.30. The van der Waals surface area contributed by atoms with Gasteiger partial charge in [0.1, 0.15) is 0 Å². The first kappa shape index (κ1) is 12.4. The van der Waals surface area contributed by atoms with Gasteiger partial charge in [-0.1, -0.05) is 30.7 Å². The summed E-state index contributed by atoms with van der Waals surface area (Å²) in [5.41, 5.74) is 1.08. The molecule has 1 unspecified atom stereocenters. The van der Waals surface area contributed by atoms with Crippen LogP contribution in [0.1, 0.15) is 12.5 Å². The lowest BCUT2D eigenvalue weighted by Gasteiger charge is -2.22. The Kier molecular flexibility index (Phi) is 4.02. The molecular formula is C13H17ClN2O. The number of hydrogen-bond acceptors (Lipinski definition) is 2. The molecule has 3 nitrogen and oxygen atoms in total. The highest BCUT2D eigenvalue weighted by Crippen LogP contribution is 2.14. The van der Waals surface area contributed by atoms with E-state index in [0.29, 0.717) is 6.54 Å². The number of nitrogens with zero attached hydrogens (tertiary/aromatic N) is 1. The highest BCUT2D eigenvalue weighted by Gasteiger charge is 2.22. The molecule has 2 rings (SSSR count). The van der Waals surface area contributed by atoms with Crippen molar-refractivity contribution in [2.45, 2.75) is 13.5 Å². The Morgan fingerprint density at radius 3 is 3.12 bits per heavy atom. The Labute approximate surface area is 107 Å². The van der Waals surface area contributed by atoms with Crippen LogP contribution in [0.4, 0.5) is 0 Å². The van der Waals surface area contributed by atoms with Crippen molar-refractivity contribution in [3.63, 3.8) is 0 Å². The molecule has 4 heteroatoms. The van der Waals surface area contributed by atoms with Gasteiger partial charge in [-0.15, -0.1) is 0 Å². The van der Waals surface area contributed by atoms with E-state index in [4.69, 9.17) is 11.6 Å². The van der Waals surface area contributed by atoms with Gasteiger partial charge in [-0.3, -0.25) is 4.79 Å². The Morgan fingerprint density at radius 2 is 2.35 bits per heavy atom. The molecule has 92 valence electrons. The Hall–Kier alpha value is -1.06. The molecule has 0 bridgehead atoms. The summed E-state index contributed by atoms with van der Waals surface area (Å²) < 4.78 is 0. The number of nitrogens with one attached hydrogen (secondary N) is 1. The van der Waals surface area contributed by atoms with Crippen molar-refractivity contribution in [1.82, 2.24) is 10.2 Å². The molecule has 0 saturated carbocycles. The fraction of sp³-hybridized carbons (Fsp3) is 0.462. The second kappa shape index (κ2) is 5.52. The lowest BCUT2D eigenvalue weighted by atomic mass is 10.1. The van der Waals surface area contributed by atoms with E-state index in [1.54, 1.807) is 0 Å². The summed E-state index contributed by atoms with van der Waals surface area (Å²) >= 11 is 5.94. The van der Waals surface area contributed by atoms with Crippen molar-refractivity contribution in [2.75, 3.05) is 19.6 Å². The van der Waals surface area contributed by atoms with Crippen molar-refractivity contribution in [1.29, 1.82) is 0 Å². The summed E-state index contributed by atoms with van der Waals surface area (Å²) in [7, 11) is 0. The zero-order valence-corrected chi connectivity index (χ0v) is 10.7. The lowest BCUT2D eigenvalue weighted by molar-refractivity contribution is -0.134. The average Bonchev–Trinajstić information content (AvgIpc) is 2.45. The molecule has 1 saturated heterocycles. The third kappa shape index (κ3) is 3.20. The number of benzene rings is 1. The van der Waals surface area contributed by atoms with Gasteiger partial charge in [-0.2, -0.15) is 0 Å². The minimum absolute atomic E-state index is 0.0525. The van der Waals surface area contributed by atoms with Crippen LogP contribution < -0.4 is 5.32 Å². The van der Waals surface area contributed by atoms with Crippen molar-refractivity contribution in [3.05, 3.63) is 34.9 Å². The van der Waals surface area contributed by atoms with E-state index in [2.05, 4.69) is 5.32 Å². The summed E-state index contributed by atoms with van der Waals surface area (Å²) in [6.45, 7) is 4.99. The van der Waals surface area contributed by atoms with Crippen LogP contribution in [0.15, 0.2) is 24.3 Å². The van der Waals surface area contributed by atoms with Crippen molar-refractivity contribution in [2.24, 2.45) is 5.92 Å². The van der Waals surface area contributed by atoms with E-state index in [-0.39, 0.29) is 11.8 Å².